The number of carboxylic acid groups (broad SMARTS) is 1. The van der Waals surface area contributed by atoms with Crippen LogP contribution in [0.2, 0.25) is 5.15 Å². The van der Waals surface area contributed by atoms with Crippen LogP contribution in [0.25, 0.3) is 10.9 Å². The average molecular weight is 280 g/mol. The molecule has 102 valence electrons. The van der Waals surface area contributed by atoms with Gasteiger partial charge in [-0.2, -0.15) is 0 Å². The van der Waals surface area contributed by atoms with Crippen LogP contribution in [0, 0.1) is 19.8 Å². The van der Waals surface area contributed by atoms with E-state index in [1.54, 1.807) is 0 Å². The van der Waals surface area contributed by atoms with Crippen LogP contribution in [-0.2, 0) is 6.54 Å². The van der Waals surface area contributed by atoms with Crippen LogP contribution in [0.4, 0.5) is 0 Å². The van der Waals surface area contributed by atoms with Crippen molar-refractivity contribution in [2.45, 2.75) is 34.2 Å². The molecule has 0 aliphatic heterocycles. The van der Waals surface area contributed by atoms with Crippen LogP contribution in [-0.4, -0.2) is 15.6 Å². The summed E-state index contributed by atoms with van der Waals surface area (Å²) in [5, 5.41) is 10.5. The van der Waals surface area contributed by atoms with Crippen molar-refractivity contribution in [2.75, 3.05) is 0 Å². The number of carbonyl (C=O) groups is 1. The summed E-state index contributed by atoms with van der Waals surface area (Å²) in [6, 6.07) is 3.95. The lowest BCUT2D eigenvalue weighted by molar-refractivity contribution is 0.0699. The molecule has 1 heterocycles. The van der Waals surface area contributed by atoms with E-state index in [4.69, 9.17) is 11.6 Å². The van der Waals surface area contributed by atoms with Crippen LogP contribution < -0.4 is 0 Å². The quantitative estimate of drug-likeness (QED) is 0.912. The molecule has 0 unspecified atom stereocenters. The highest BCUT2D eigenvalue weighted by Crippen LogP contribution is 2.33. The molecule has 2 aromatic rings. The van der Waals surface area contributed by atoms with Crippen LogP contribution in [0.3, 0.4) is 0 Å². The van der Waals surface area contributed by atoms with E-state index in [1.807, 2.05) is 24.5 Å². The molecule has 4 heteroatoms. The zero-order valence-corrected chi connectivity index (χ0v) is 12.4. The van der Waals surface area contributed by atoms with Gasteiger partial charge in [-0.1, -0.05) is 37.1 Å². The van der Waals surface area contributed by atoms with Gasteiger partial charge in [0.05, 0.1) is 5.52 Å². The Hall–Kier alpha value is -1.48. The molecule has 3 nitrogen and oxygen atoms in total. The van der Waals surface area contributed by atoms with Gasteiger partial charge in [0.1, 0.15) is 10.7 Å². The number of aromatic nitrogens is 1. The molecule has 1 aromatic carbocycles. The van der Waals surface area contributed by atoms with Crippen molar-refractivity contribution in [3.8, 4) is 0 Å². The standard InChI is InChI=1S/C15H18ClNO2/c1-8(2)7-17-13-10(4)5-9(3)6-11(13)12(14(17)16)15(18)19/h5-6,8H,7H2,1-4H3,(H,18,19). The minimum atomic E-state index is -0.970. The fraction of sp³-hybridized carbons (Fsp3) is 0.400. The Labute approximate surface area is 117 Å². The first-order valence-electron chi connectivity index (χ1n) is 6.35. The number of aryl methyl sites for hydroxylation is 2. The summed E-state index contributed by atoms with van der Waals surface area (Å²) in [6.07, 6.45) is 0. The van der Waals surface area contributed by atoms with E-state index in [2.05, 4.69) is 19.9 Å². The average Bonchev–Trinajstić information content (AvgIpc) is 2.50. The van der Waals surface area contributed by atoms with E-state index in [0.717, 1.165) is 22.0 Å². The number of aromatic carboxylic acids is 1. The summed E-state index contributed by atoms with van der Waals surface area (Å²) >= 11 is 6.30. The maximum Gasteiger partial charge on any atom is 0.339 e. The fourth-order valence-corrected chi connectivity index (χ4v) is 2.93. The molecule has 0 radical (unpaired) electrons. The van der Waals surface area contributed by atoms with E-state index in [-0.39, 0.29) is 5.56 Å². The number of fused-ring (bicyclic) bond motifs is 1. The summed E-state index contributed by atoms with van der Waals surface area (Å²) in [4.78, 5) is 11.5. The Bertz CT molecular complexity index is 656. The van der Waals surface area contributed by atoms with Gasteiger partial charge in [0.2, 0.25) is 0 Å². The van der Waals surface area contributed by atoms with Gasteiger partial charge in [-0.15, -0.1) is 0 Å². The molecule has 0 aliphatic carbocycles. The summed E-state index contributed by atoms with van der Waals surface area (Å²) in [5.74, 6) is -0.571. The van der Waals surface area contributed by atoms with Crippen molar-refractivity contribution in [1.82, 2.24) is 4.57 Å². The topological polar surface area (TPSA) is 42.2 Å². The highest BCUT2D eigenvalue weighted by molar-refractivity contribution is 6.35. The van der Waals surface area contributed by atoms with E-state index >= 15 is 0 Å². The lowest BCUT2D eigenvalue weighted by Crippen LogP contribution is -2.05. The van der Waals surface area contributed by atoms with Gasteiger partial charge in [0.25, 0.3) is 0 Å². The van der Waals surface area contributed by atoms with Gasteiger partial charge in [0, 0.05) is 11.9 Å². The lowest BCUT2D eigenvalue weighted by Gasteiger charge is -2.11. The van der Waals surface area contributed by atoms with Crippen LogP contribution in [0.15, 0.2) is 12.1 Å². The zero-order chi connectivity index (χ0) is 14.3. The highest BCUT2D eigenvalue weighted by Gasteiger charge is 2.22. The minimum Gasteiger partial charge on any atom is -0.478 e. The molecule has 0 saturated heterocycles. The number of carboxylic acids is 1. The Balaban J connectivity index is 2.88. The Morgan fingerprint density at radius 1 is 1.37 bits per heavy atom. The largest absolute Gasteiger partial charge is 0.478 e. The molecule has 0 atom stereocenters. The number of hydrogen-bond acceptors (Lipinski definition) is 1. The first-order valence-corrected chi connectivity index (χ1v) is 6.73. The van der Waals surface area contributed by atoms with E-state index in [9.17, 15) is 9.90 Å². The van der Waals surface area contributed by atoms with E-state index in [1.165, 1.54) is 0 Å². The van der Waals surface area contributed by atoms with Crippen molar-refractivity contribution >= 4 is 28.5 Å². The summed E-state index contributed by atoms with van der Waals surface area (Å²) < 4.78 is 1.92. The smallest absolute Gasteiger partial charge is 0.339 e. The van der Waals surface area contributed by atoms with Crippen LogP contribution in [0.5, 0.6) is 0 Å². The maximum absolute atomic E-state index is 11.5. The first-order chi connectivity index (χ1) is 8.82. The van der Waals surface area contributed by atoms with E-state index in [0.29, 0.717) is 17.6 Å². The van der Waals surface area contributed by atoms with Crippen molar-refractivity contribution in [2.24, 2.45) is 5.92 Å². The molecule has 1 N–H and O–H groups in total. The van der Waals surface area contributed by atoms with Crippen molar-refractivity contribution in [1.29, 1.82) is 0 Å². The maximum atomic E-state index is 11.5. The number of benzene rings is 1. The highest BCUT2D eigenvalue weighted by atomic mass is 35.5. The SMILES string of the molecule is Cc1cc(C)c2c(c1)c(C(=O)O)c(Cl)n2CC(C)C. The number of hydrogen-bond donors (Lipinski definition) is 1. The first kappa shape index (κ1) is 13.9. The molecule has 0 amide bonds. The lowest BCUT2D eigenvalue weighted by atomic mass is 10.1. The molecule has 0 saturated carbocycles. The number of halogens is 1. The molecule has 2 rings (SSSR count). The number of rotatable bonds is 3. The van der Waals surface area contributed by atoms with Gasteiger partial charge < -0.3 is 9.67 Å². The van der Waals surface area contributed by atoms with Crippen LogP contribution >= 0.6 is 11.6 Å². The zero-order valence-electron chi connectivity index (χ0n) is 11.6. The molecular formula is C15H18ClNO2. The third kappa shape index (κ3) is 2.35. The second-order valence-electron chi connectivity index (χ2n) is 5.45. The van der Waals surface area contributed by atoms with E-state index < -0.39 is 5.97 Å². The molecule has 0 spiro atoms. The molecule has 0 aliphatic rings. The van der Waals surface area contributed by atoms with Gasteiger partial charge in [-0.3, -0.25) is 0 Å². The second kappa shape index (κ2) is 4.89. The predicted molar refractivity (Wildman–Crippen MR) is 78.2 cm³/mol. The summed E-state index contributed by atoms with van der Waals surface area (Å²) in [6.45, 7) is 8.85. The summed E-state index contributed by atoms with van der Waals surface area (Å²) in [5.41, 5.74) is 3.25. The third-order valence-corrected chi connectivity index (χ3v) is 3.58. The van der Waals surface area contributed by atoms with Gasteiger partial charge in [0.15, 0.2) is 0 Å². The molecule has 0 bridgehead atoms. The molecular weight excluding hydrogens is 262 g/mol. The minimum absolute atomic E-state index is 0.212. The number of nitrogens with zero attached hydrogens (tertiary/aromatic N) is 1. The monoisotopic (exact) mass is 279 g/mol. The molecule has 1 aromatic heterocycles. The van der Waals surface area contributed by atoms with Gasteiger partial charge in [-0.25, -0.2) is 4.79 Å². The van der Waals surface area contributed by atoms with Crippen molar-refractivity contribution in [3.63, 3.8) is 0 Å². The van der Waals surface area contributed by atoms with Crippen molar-refractivity contribution < 1.29 is 9.90 Å². The van der Waals surface area contributed by atoms with Crippen molar-refractivity contribution in [3.05, 3.63) is 34.0 Å². The summed E-state index contributed by atoms with van der Waals surface area (Å²) in [7, 11) is 0. The van der Waals surface area contributed by atoms with Gasteiger partial charge in [-0.05, 0) is 31.4 Å². The fourth-order valence-electron chi connectivity index (χ4n) is 2.59. The Morgan fingerprint density at radius 3 is 2.53 bits per heavy atom. The Kier molecular flexibility index (Phi) is 3.59. The van der Waals surface area contributed by atoms with Gasteiger partial charge >= 0.3 is 5.97 Å². The predicted octanol–water partition coefficient (Wildman–Crippen LogP) is 4.27. The second-order valence-corrected chi connectivity index (χ2v) is 5.81. The molecule has 19 heavy (non-hydrogen) atoms. The third-order valence-electron chi connectivity index (χ3n) is 3.19. The Morgan fingerprint density at radius 2 is 2.00 bits per heavy atom. The van der Waals surface area contributed by atoms with Crippen LogP contribution in [0.1, 0.15) is 35.3 Å². The molecule has 0 fully saturated rings. The normalized spacial score (nSPS) is 11.5.